The van der Waals surface area contributed by atoms with Crippen molar-refractivity contribution in [2.75, 3.05) is 18.6 Å². The Hall–Kier alpha value is -2.69. The smallest absolute Gasteiger partial charge is 0.416 e. The second-order valence-electron chi connectivity index (χ2n) is 8.77. The van der Waals surface area contributed by atoms with E-state index in [2.05, 4.69) is 5.18 Å². The van der Waals surface area contributed by atoms with Gasteiger partial charge in [-0.3, -0.25) is 0 Å². The molecule has 0 radical (unpaired) electrons. The Kier molecular flexibility index (Phi) is 7.47. The number of ether oxygens (including phenoxy) is 2. The highest BCUT2D eigenvalue weighted by Crippen LogP contribution is 2.45. The molecule has 182 valence electrons. The molecule has 7 nitrogen and oxygen atoms in total. The number of thiophene rings is 1. The Labute approximate surface area is 194 Å². The van der Waals surface area contributed by atoms with Gasteiger partial charge in [-0.1, -0.05) is 6.08 Å². The number of esters is 2. The molecule has 0 amide bonds. The van der Waals surface area contributed by atoms with Crippen molar-refractivity contribution >= 4 is 28.3 Å². The van der Waals surface area contributed by atoms with Crippen LogP contribution in [0.3, 0.4) is 0 Å². The molecule has 1 aliphatic carbocycles. The molecule has 33 heavy (non-hydrogen) atoms. The summed E-state index contributed by atoms with van der Waals surface area (Å²) in [6.07, 6.45) is -3.15. The van der Waals surface area contributed by atoms with Gasteiger partial charge in [-0.05, 0) is 64.8 Å². The lowest BCUT2D eigenvalue weighted by atomic mass is 9.85. The highest BCUT2D eigenvalue weighted by atomic mass is 32.1. The van der Waals surface area contributed by atoms with Crippen LogP contribution in [0.1, 0.15) is 66.6 Å². The van der Waals surface area contributed by atoms with E-state index in [4.69, 9.17) is 9.47 Å². The Bertz CT molecular complexity index is 1020. The van der Waals surface area contributed by atoms with Gasteiger partial charge in [0.25, 0.3) is 0 Å². The van der Waals surface area contributed by atoms with Gasteiger partial charge in [-0.2, -0.15) is 13.2 Å². The van der Waals surface area contributed by atoms with E-state index in [-0.39, 0.29) is 34.2 Å². The predicted molar refractivity (Wildman–Crippen MR) is 120 cm³/mol. The third-order valence-electron chi connectivity index (χ3n) is 5.23. The first kappa shape index (κ1) is 26.6. The molecule has 0 saturated carbocycles. The summed E-state index contributed by atoms with van der Waals surface area (Å²) in [6.45, 7) is 9.92. The number of likely N-dealkylation sites (N-methyl/N-ethyl adjacent to an activating group) is 1. The van der Waals surface area contributed by atoms with Crippen molar-refractivity contribution in [2.45, 2.75) is 65.3 Å². The molecule has 1 heterocycles. The second kappa shape index (κ2) is 9.28. The van der Waals surface area contributed by atoms with Gasteiger partial charge in [-0.15, -0.1) is 16.2 Å². The third-order valence-corrected chi connectivity index (χ3v) is 6.57. The van der Waals surface area contributed by atoms with Crippen LogP contribution in [0.15, 0.2) is 28.6 Å². The summed E-state index contributed by atoms with van der Waals surface area (Å²) in [5.41, 5.74) is -2.99. The van der Waals surface area contributed by atoms with Crippen LogP contribution in [-0.4, -0.2) is 42.9 Å². The van der Waals surface area contributed by atoms with Crippen molar-refractivity contribution in [3.05, 3.63) is 44.3 Å². The van der Waals surface area contributed by atoms with Gasteiger partial charge in [0, 0.05) is 7.05 Å². The molecule has 1 atom stereocenters. The molecular formula is C22H27F3N2O5S. The van der Waals surface area contributed by atoms with Gasteiger partial charge in [0.15, 0.2) is 0 Å². The minimum atomic E-state index is -4.63. The van der Waals surface area contributed by atoms with E-state index in [1.165, 1.54) is 11.9 Å². The summed E-state index contributed by atoms with van der Waals surface area (Å²) < 4.78 is 50.1. The molecule has 0 spiro atoms. The van der Waals surface area contributed by atoms with Crippen LogP contribution in [0.5, 0.6) is 0 Å². The second-order valence-corrected chi connectivity index (χ2v) is 9.77. The zero-order valence-corrected chi connectivity index (χ0v) is 20.4. The SMILES string of the molecule is CCOC(=O)c1c(N(C)C2(C)CC=C(C(F)(F)F)C=C2N=O)sc(C(=O)OC(C)(C)C)c1C. The molecule has 0 fully saturated rings. The van der Waals surface area contributed by atoms with Crippen LogP contribution in [0.25, 0.3) is 0 Å². The maximum atomic E-state index is 13.2. The monoisotopic (exact) mass is 488 g/mol. The minimum Gasteiger partial charge on any atom is -0.462 e. The van der Waals surface area contributed by atoms with Crippen molar-refractivity contribution in [3.8, 4) is 0 Å². The molecule has 1 aromatic heterocycles. The molecule has 1 aromatic rings. The normalized spacial score (nSPS) is 18.8. The number of hydrogen-bond donors (Lipinski definition) is 0. The fraction of sp³-hybridized carbons (Fsp3) is 0.545. The lowest BCUT2D eigenvalue weighted by molar-refractivity contribution is -0.0889. The zero-order valence-electron chi connectivity index (χ0n) is 19.5. The van der Waals surface area contributed by atoms with Crippen LogP contribution in [0, 0.1) is 11.8 Å². The minimum absolute atomic E-state index is 0.0784. The topological polar surface area (TPSA) is 85.3 Å². The number of carbonyl (C=O) groups excluding carboxylic acids is 2. The van der Waals surface area contributed by atoms with Crippen LogP contribution in [0.4, 0.5) is 18.2 Å². The van der Waals surface area contributed by atoms with E-state index in [0.29, 0.717) is 11.6 Å². The fourth-order valence-electron chi connectivity index (χ4n) is 3.33. The molecular weight excluding hydrogens is 461 g/mol. The first-order valence-electron chi connectivity index (χ1n) is 10.2. The van der Waals surface area contributed by atoms with E-state index in [1.54, 1.807) is 41.5 Å². The van der Waals surface area contributed by atoms with Crippen LogP contribution >= 0.6 is 11.3 Å². The first-order chi connectivity index (χ1) is 15.1. The molecule has 0 saturated heterocycles. The van der Waals surface area contributed by atoms with E-state index in [1.807, 2.05) is 0 Å². The molecule has 0 aliphatic heterocycles. The average Bonchev–Trinajstić information content (AvgIpc) is 3.02. The summed E-state index contributed by atoms with van der Waals surface area (Å²) in [6, 6.07) is 0. The average molecular weight is 489 g/mol. The van der Waals surface area contributed by atoms with Crippen LogP contribution in [-0.2, 0) is 9.47 Å². The van der Waals surface area contributed by atoms with E-state index in [9.17, 15) is 27.7 Å². The molecule has 0 N–H and O–H groups in total. The summed E-state index contributed by atoms with van der Waals surface area (Å²) in [7, 11) is 1.53. The zero-order chi connectivity index (χ0) is 25.4. The lowest BCUT2D eigenvalue weighted by Gasteiger charge is -2.40. The molecule has 1 aliphatic rings. The number of rotatable bonds is 6. The van der Waals surface area contributed by atoms with Crippen molar-refractivity contribution in [1.82, 2.24) is 0 Å². The summed E-state index contributed by atoms with van der Waals surface area (Å²) in [5.74, 6) is -1.34. The van der Waals surface area contributed by atoms with Crippen molar-refractivity contribution in [2.24, 2.45) is 5.18 Å². The molecule has 1 unspecified atom stereocenters. The standard InChI is InChI=1S/C22H27F3N2O5S/c1-8-31-18(28)15-12(2)16(19(29)32-20(3,4)5)33-17(15)27(7)21(6)10-9-13(22(23,24)25)11-14(21)26-30/h9,11H,8,10H2,1-7H3. The van der Waals surface area contributed by atoms with E-state index >= 15 is 0 Å². The van der Waals surface area contributed by atoms with Gasteiger partial charge in [0.2, 0.25) is 0 Å². The Morgan fingerprint density at radius 2 is 1.85 bits per heavy atom. The first-order valence-corrected chi connectivity index (χ1v) is 11.0. The number of carbonyl (C=O) groups is 2. The number of anilines is 1. The van der Waals surface area contributed by atoms with Gasteiger partial charge in [0.05, 0.1) is 23.3 Å². The summed E-state index contributed by atoms with van der Waals surface area (Å²) >= 11 is 0.945. The van der Waals surface area contributed by atoms with Crippen molar-refractivity contribution in [3.63, 3.8) is 0 Å². The van der Waals surface area contributed by atoms with E-state index in [0.717, 1.165) is 17.4 Å². The van der Waals surface area contributed by atoms with Crippen LogP contribution < -0.4 is 4.90 Å². The summed E-state index contributed by atoms with van der Waals surface area (Å²) in [5, 5.41) is 3.12. The summed E-state index contributed by atoms with van der Waals surface area (Å²) in [4.78, 5) is 38.7. The molecule has 0 aromatic carbocycles. The number of nitroso groups, excluding NO2 is 1. The molecule has 0 bridgehead atoms. The molecule has 11 heteroatoms. The van der Waals surface area contributed by atoms with Crippen molar-refractivity contribution < 1.29 is 32.2 Å². The number of allylic oxidation sites excluding steroid dienone is 2. The van der Waals surface area contributed by atoms with Crippen LogP contribution in [0.2, 0.25) is 0 Å². The Morgan fingerprint density at radius 3 is 2.33 bits per heavy atom. The molecule has 2 rings (SSSR count). The number of hydrogen-bond acceptors (Lipinski definition) is 8. The quantitative estimate of drug-likeness (QED) is 0.365. The number of nitrogens with zero attached hydrogens (tertiary/aromatic N) is 2. The Morgan fingerprint density at radius 1 is 1.24 bits per heavy atom. The maximum Gasteiger partial charge on any atom is 0.416 e. The maximum absolute atomic E-state index is 13.2. The number of alkyl halides is 3. The highest BCUT2D eigenvalue weighted by molar-refractivity contribution is 7.18. The largest absolute Gasteiger partial charge is 0.462 e. The van der Waals surface area contributed by atoms with Gasteiger partial charge >= 0.3 is 18.1 Å². The van der Waals surface area contributed by atoms with Crippen molar-refractivity contribution in [1.29, 1.82) is 0 Å². The Balaban J connectivity index is 2.62. The third kappa shape index (κ3) is 5.45. The fourth-order valence-corrected chi connectivity index (χ4v) is 4.58. The van der Waals surface area contributed by atoms with Gasteiger partial charge < -0.3 is 14.4 Å². The van der Waals surface area contributed by atoms with E-state index < -0.39 is 34.8 Å². The highest BCUT2D eigenvalue weighted by Gasteiger charge is 2.44. The predicted octanol–water partition coefficient (Wildman–Crippen LogP) is 5.93. The van der Waals surface area contributed by atoms with Gasteiger partial charge in [-0.25, -0.2) is 9.59 Å². The van der Waals surface area contributed by atoms with Gasteiger partial charge in [0.1, 0.15) is 21.2 Å². The number of halogens is 3. The lowest BCUT2D eigenvalue weighted by Crippen LogP contribution is -2.46.